The van der Waals surface area contributed by atoms with Crippen LogP contribution in [-0.2, 0) is 22.7 Å². The second-order valence-electron chi connectivity index (χ2n) is 10.4. The predicted molar refractivity (Wildman–Crippen MR) is 157 cm³/mol. The van der Waals surface area contributed by atoms with Crippen LogP contribution in [0.5, 0.6) is 17.2 Å². The van der Waals surface area contributed by atoms with Crippen LogP contribution in [0.3, 0.4) is 0 Å². The molecular weight excluding hydrogens is 593 g/mol. The first-order valence-corrected chi connectivity index (χ1v) is 13.8. The normalized spacial score (nSPS) is 21.4. The van der Waals surface area contributed by atoms with E-state index in [1.807, 2.05) is 0 Å². The van der Waals surface area contributed by atoms with Crippen molar-refractivity contribution in [2.45, 2.75) is 43.7 Å². The van der Waals surface area contributed by atoms with Crippen molar-refractivity contribution >= 4 is 16.9 Å². The van der Waals surface area contributed by atoms with E-state index in [4.69, 9.17) is 23.4 Å². The van der Waals surface area contributed by atoms with Crippen molar-refractivity contribution in [2.24, 2.45) is 0 Å². The molecule has 1 aliphatic heterocycles. The number of carbonyl (C=O) groups is 1. The van der Waals surface area contributed by atoms with Gasteiger partial charge in [0.2, 0.25) is 0 Å². The van der Waals surface area contributed by atoms with Crippen LogP contribution in [0, 0.1) is 5.82 Å². The van der Waals surface area contributed by atoms with Gasteiger partial charge in [0.1, 0.15) is 52.7 Å². The monoisotopic (exact) mass is 625 g/mol. The van der Waals surface area contributed by atoms with Crippen LogP contribution in [0.25, 0.3) is 22.3 Å². The van der Waals surface area contributed by atoms with E-state index in [0.29, 0.717) is 22.6 Å². The van der Waals surface area contributed by atoms with Gasteiger partial charge in [-0.3, -0.25) is 9.59 Å². The lowest BCUT2D eigenvalue weighted by Gasteiger charge is -2.41. The zero-order chi connectivity index (χ0) is 32.4. The maximum absolute atomic E-state index is 13.5. The highest BCUT2D eigenvalue weighted by atomic mass is 19.1. The average Bonchev–Trinajstić information content (AvgIpc) is 3.05. The number of halogens is 1. The highest BCUT2D eigenvalue weighted by Gasteiger charge is 2.48. The molecule has 1 aromatic heterocycles. The van der Waals surface area contributed by atoms with Crippen LogP contribution in [0.15, 0.2) is 63.8 Å². The van der Waals surface area contributed by atoms with Gasteiger partial charge in [-0.05, 0) is 47.5 Å². The Morgan fingerprint density at radius 1 is 0.911 bits per heavy atom. The summed E-state index contributed by atoms with van der Waals surface area (Å²) < 4.78 is 41.4. The van der Waals surface area contributed by atoms with E-state index in [-0.39, 0.29) is 40.2 Å². The number of nitrogens with one attached hydrogen (secondary N) is 1. The molecule has 1 saturated heterocycles. The fourth-order valence-electron chi connectivity index (χ4n) is 5.37. The summed E-state index contributed by atoms with van der Waals surface area (Å²) in [7, 11) is 4.22. The summed E-state index contributed by atoms with van der Waals surface area (Å²) in [4.78, 5) is 26.6. The van der Waals surface area contributed by atoms with Gasteiger partial charge in [0.05, 0.1) is 27.9 Å². The Hall–Kier alpha value is -4.53. The number of hydrogen-bond donors (Lipinski definition) is 5. The molecule has 0 spiro atoms. The van der Waals surface area contributed by atoms with Gasteiger partial charge in [-0.1, -0.05) is 12.1 Å². The predicted octanol–water partition coefficient (Wildman–Crippen LogP) is 1.96. The maximum atomic E-state index is 13.5. The molecule has 1 amide bonds. The summed E-state index contributed by atoms with van der Waals surface area (Å²) in [5, 5.41) is 45.3. The first-order valence-electron chi connectivity index (χ1n) is 13.8. The number of amides is 1. The number of aliphatic hydroxyl groups is 4. The van der Waals surface area contributed by atoms with Gasteiger partial charge in [0.25, 0.3) is 5.91 Å². The van der Waals surface area contributed by atoms with Gasteiger partial charge < -0.3 is 49.1 Å². The molecule has 4 aromatic rings. The van der Waals surface area contributed by atoms with Crippen LogP contribution < -0.4 is 25.0 Å². The van der Waals surface area contributed by atoms with Crippen molar-refractivity contribution in [3.63, 3.8) is 0 Å². The second-order valence-corrected chi connectivity index (χ2v) is 10.4. The van der Waals surface area contributed by atoms with Crippen LogP contribution >= 0.6 is 0 Å². The largest absolute Gasteiger partial charge is 0.495 e. The molecule has 5 atom stereocenters. The van der Waals surface area contributed by atoms with Crippen molar-refractivity contribution in [2.75, 3.05) is 21.3 Å². The number of methoxy groups -OCH3 is 3. The number of aliphatic hydroxyl groups excluding tert-OH is 4. The summed E-state index contributed by atoms with van der Waals surface area (Å²) in [6, 6.07) is 12.9. The number of ether oxygens (including phenoxy) is 4. The molecule has 13 heteroatoms. The lowest BCUT2D eigenvalue weighted by Crippen LogP contribution is -2.58. The molecule has 1 fully saturated rings. The minimum absolute atomic E-state index is 0.0200. The Morgan fingerprint density at radius 3 is 2.27 bits per heavy atom. The molecule has 5 N–H and O–H groups in total. The van der Waals surface area contributed by atoms with Crippen molar-refractivity contribution < 1.29 is 53.0 Å². The van der Waals surface area contributed by atoms with E-state index in [2.05, 4.69) is 5.32 Å². The Balaban J connectivity index is 1.54. The topological polar surface area (TPSA) is 177 Å². The number of benzene rings is 3. The van der Waals surface area contributed by atoms with Gasteiger partial charge >= 0.3 is 0 Å². The van der Waals surface area contributed by atoms with E-state index in [0.717, 1.165) is 0 Å². The number of hydrogen-bond acceptors (Lipinski definition) is 11. The fraction of sp³-hybridized carbons (Fsp3) is 0.312. The third-order valence-corrected chi connectivity index (χ3v) is 7.68. The van der Waals surface area contributed by atoms with Crippen LogP contribution in [-0.4, -0.2) is 72.1 Å². The average molecular weight is 626 g/mol. The molecule has 0 aliphatic carbocycles. The second kappa shape index (κ2) is 13.2. The lowest BCUT2D eigenvalue weighted by molar-refractivity contribution is -0.223. The Bertz CT molecular complexity index is 1760. The first kappa shape index (κ1) is 31.9. The minimum atomic E-state index is -1.86. The van der Waals surface area contributed by atoms with Crippen molar-refractivity contribution in [3.8, 4) is 28.6 Å². The van der Waals surface area contributed by atoms with E-state index in [1.165, 1.54) is 57.7 Å². The molecule has 0 radical (unpaired) electrons. The zero-order valence-electron chi connectivity index (χ0n) is 24.5. The molecule has 3 aromatic carbocycles. The van der Waals surface area contributed by atoms with E-state index in [9.17, 15) is 34.4 Å². The third kappa shape index (κ3) is 6.08. The number of carbonyl (C=O) groups excluding carboxylic acids is 1. The first-order chi connectivity index (χ1) is 21.6. The van der Waals surface area contributed by atoms with Gasteiger partial charge in [-0.2, -0.15) is 0 Å². The Labute approximate surface area is 256 Å². The molecule has 238 valence electrons. The van der Waals surface area contributed by atoms with Gasteiger partial charge in [-0.15, -0.1) is 0 Å². The van der Waals surface area contributed by atoms with Crippen LogP contribution in [0.2, 0.25) is 0 Å². The van der Waals surface area contributed by atoms with Gasteiger partial charge in [-0.25, -0.2) is 4.39 Å². The van der Waals surface area contributed by atoms with Crippen molar-refractivity contribution in [1.82, 2.24) is 5.32 Å². The molecule has 12 nitrogen and oxygen atoms in total. The maximum Gasteiger partial charge on any atom is 0.252 e. The summed E-state index contributed by atoms with van der Waals surface area (Å²) in [5.74, 6) is -0.348. The highest BCUT2D eigenvalue weighted by molar-refractivity contribution is 5.88. The standard InChI is InChI=1S/C32H32FNO11/c1-41-20-9-6-16(10-22(20)42-2)21-12-19(36)25-23(44-21)11-17(14-35)24(29(25)43-3)30-27(38)26(37)28(39)31(45-30)32(40)34-13-15-4-7-18(33)8-5-15/h4-12,26-28,30-31,35,37-39H,13-14H2,1-3H3,(H,34,40). The molecule has 5 rings (SSSR count). The lowest BCUT2D eigenvalue weighted by atomic mass is 9.87. The number of rotatable bonds is 9. The summed E-state index contributed by atoms with van der Waals surface area (Å²) in [6.45, 7) is -0.682. The summed E-state index contributed by atoms with van der Waals surface area (Å²) >= 11 is 0. The molecular formula is C32H32FNO11. The third-order valence-electron chi connectivity index (χ3n) is 7.68. The summed E-state index contributed by atoms with van der Waals surface area (Å²) in [5.41, 5.74) is 0.640. The molecule has 2 heterocycles. The van der Waals surface area contributed by atoms with E-state index < -0.39 is 54.3 Å². The molecule has 0 saturated carbocycles. The number of fused-ring (bicyclic) bond motifs is 1. The highest BCUT2D eigenvalue weighted by Crippen LogP contribution is 2.43. The fourth-order valence-corrected chi connectivity index (χ4v) is 5.37. The molecule has 45 heavy (non-hydrogen) atoms. The van der Waals surface area contributed by atoms with Crippen LogP contribution in [0.1, 0.15) is 22.8 Å². The molecule has 1 aliphatic rings. The van der Waals surface area contributed by atoms with E-state index >= 15 is 0 Å². The van der Waals surface area contributed by atoms with Crippen LogP contribution in [0.4, 0.5) is 4.39 Å². The van der Waals surface area contributed by atoms with Gasteiger partial charge in [0.15, 0.2) is 23.0 Å². The SMILES string of the molecule is COc1ccc(-c2cc(=O)c3c(OC)c(C4OC(C(=O)NCc5ccc(F)cc5)C(O)C(O)C4O)c(CO)cc3o2)cc1OC. The summed E-state index contributed by atoms with van der Waals surface area (Å²) in [6.07, 6.45) is -8.69. The smallest absolute Gasteiger partial charge is 0.252 e. The zero-order valence-corrected chi connectivity index (χ0v) is 24.5. The Kier molecular flexibility index (Phi) is 9.37. The molecule has 5 unspecified atom stereocenters. The molecule has 0 bridgehead atoms. The van der Waals surface area contributed by atoms with Crippen molar-refractivity contribution in [1.29, 1.82) is 0 Å². The minimum Gasteiger partial charge on any atom is -0.495 e. The van der Waals surface area contributed by atoms with Gasteiger partial charge in [0, 0.05) is 23.7 Å². The van der Waals surface area contributed by atoms with E-state index in [1.54, 1.807) is 18.2 Å². The quantitative estimate of drug-likeness (QED) is 0.184. The Morgan fingerprint density at radius 2 is 1.62 bits per heavy atom. The van der Waals surface area contributed by atoms with Crippen molar-refractivity contribution in [3.05, 3.63) is 87.3 Å².